The number of amides is 1. The van der Waals surface area contributed by atoms with E-state index < -0.39 is 12.0 Å². The number of carbonyl (C=O) groups excluding carboxylic acids is 1. The molecule has 6 nitrogen and oxygen atoms in total. The summed E-state index contributed by atoms with van der Waals surface area (Å²) in [6, 6.07) is -0.839. The van der Waals surface area contributed by atoms with Crippen LogP contribution in [0.5, 0.6) is 0 Å². The molecule has 0 aromatic heterocycles. The van der Waals surface area contributed by atoms with Gasteiger partial charge in [-0.25, -0.2) is 0 Å². The summed E-state index contributed by atoms with van der Waals surface area (Å²) in [4.78, 5) is 21.6. The minimum absolute atomic E-state index is 0.0163. The van der Waals surface area contributed by atoms with Crippen molar-refractivity contribution in [2.45, 2.75) is 38.1 Å². The van der Waals surface area contributed by atoms with E-state index in [1.807, 2.05) is 0 Å². The molecule has 16 heavy (non-hydrogen) atoms. The zero-order valence-electron chi connectivity index (χ0n) is 9.45. The van der Waals surface area contributed by atoms with Crippen LogP contribution >= 0.6 is 0 Å². The van der Waals surface area contributed by atoms with Gasteiger partial charge in [0.15, 0.2) is 0 Å². The summed E-state index contributed by atoms with van der Waals surface area (Å²) in [5, 5.41) is 11.2. The molecule has 0 heterocycles. The Morgan fingerprint density at radius 2 is 1.94 bits per heavy atom. The van der Waals surface area contributed by atoms with Gasteiger partial charge >= 0.3 is 5.97 Å². The third-order valence-electron chi connectivity index (χ3n) is 2.19. The molecule has 0 aromatic rings. The zero-order valence-corrected chi connectivity index (χ0v) is 9.45. The first-order chi connectivity index (χ1) is 7.57. The topological polar surface area (TPSA) is 118 Å². The van der Waals surface area contributed by atoms with E-state index >= 15 is 0 Å². The summed E-state index contributed by atoms with van der Waals surface area (Å²) >= 11 is 0. The van der Waals surface area contributed by atoms with Crippen molar-refractivity contribution in [1.82, 2.24) is 5.32 Å². The molecule has 0 saturated heterocycles. The van der Waals surface area contributed by atoms with Gasteiger partial charge in [0.25, 0.3) is 0 Å². The van der Waals surface area contributed by atoms with Crippen LogP contribution in [-0.2, 0) is 9.59 Å². The number of nitrogens with two attached hydrogens (primary N) is 2. The molecule has 0 bridgehead atoms. The van der Waals surface area contributed by atoms with Gasteiger partial charge in [-0.2, -0.15) is 0 Å². The number of nitrogens with one attached hydrogen (secondary N) is 1. The quantitative estimate of drug-likeness (QED) is 0.396. The van der Waals surface area contributed by atoms with Crippen LogP contribution in [0.4, 0.5) is 0 Å². The van der Waals surface area contributed by atoms with Gasteiger partial charge in [-0.05, 0) is 32.2 Å². The van der Waals surface area contributed by atoms with Crippen LogP contribution in [0.1, 0.15) is 32.1 Å². The van der Waals surface area contributed by atoms with E-state index in [2.05, 4.69) is 5.32 Å². The molecule has 0 rings (SSSR count). The number of unbranched alkanes of at least 4 members (excludes halogenated alkanes) is 1. The van der Waals surface area contributed by atoms with Gasteiger partial charge in [0.2, 0.25) is 5.91 Å². The summed E-state index contributed by atoms with van der Waals surface area (Å²) in [7, 11) is 0. The summed E-state index contributed by atoms with van der Waals surface area (Å²) in [5.41, 5.74) is 10.6. The normalized spacial score (nSPS) is 12.1. The number of rotatable bonds is 9. The number of aliphatic carboxylic acids is 1. The lowest BCUT2D eigenvalue weighted by molar-refractivity contribution is -0.138. The van der Waals surface area contributed by atoms with Crippen LogP contribution in [0.15, 0.2) is 0 Å². The number of carboxylic acids is 1. The van der Waals surface area contributed by atoms with E-state index in [1.54, 1.807) is 0 Å². The third kappa shape index (κ3) is 8.19. The number of hydrogen-bond acceptors (Lipinski definition) is 4. The molecule has 1 amide bonds. The molecular weight excluding hydrogens is 210 g/mol. The molecule has 0 unspecified atom stereocenters. The van der Waals surface area contributed by atoms with E-state index in [4.69, 9.17) is 16.6 Å². The maximum absolute atomic E-state index is 11.2. The van der Waals surface area contributed by atoms with Crippen molar-refractivity contribution in [3.63, 3.8) is 0 Å². The Balaban J connectivity index is 3.37. The molecule has 6 N–H and O–H groups in total. The Morgan fingerprint density at radius 1 is 1.25 bits per heavy atom. The Labute approximate surface area is 95.4 Å². The first-order valence-corrected chi connectivity index (χ1v) is 5.53. The maximum Gasteiger partial charge on any atom is 0.320 e. The molecule has 0 aromatic carbocycles. The van der Waals surface area contributed by atoms with Crippen LogP contribution in [0.25, 0.3) is 0 Å². The number of carbonyl (C=O) groups is 2. The van der Waals surface area contributed by atoms with E-state index in [0.29, 0.717) is 32.4 Å². The standard InChI is InChI=1S/C10H21N3O3/c11-6-2-1-5-9(14)13-7-3-4-8(12)10(15)16/h8H,1-7,11-12H2,(H,13,14)(H,15,16)/t8-/m0/s1. The molecule has 0 aliphatic carbocycles. The van der Waals surface area contributed by atoms with Gasteiger partial charge < -0.3 is 21.9 Å². The minimum Gasteiger partial charge on any atom is -0.480 e. The average Bonchev–Trinajstić information content (AvgIpc) is 2.24. The average molecular weight is 231 g/mol. The molecule has 0 aliphatic rings. The van der Waals surface area contributed by atoms with Crippen molar-refractivity contribution in [2.24, 2.45) is 11.5 Å². The van der Waals surface area contributed by atoms with Crippen molar-refractivity contribution in [1.29, 1.82) is 0 Å². The van der Waals surface area contributed by atoms with Gasteiger partial charge in [0.05, 0.1) is 0 Å². The molecule has 94 valence electrons. The molecule has 0 saturated carbocycles. The van der Waals surface area contributed by atoms with Gasteiger partial charge in [-0.1, -0.05) is 0 Å². The van der Waals surface area contributed by atoms with E-state index in [9.17, 15) is 9.59 Å². The van der Waals surface area contributed by atoms with E-state index in [1.165, 1.54) is 0 Å². The molecule has 0 aliphatic heterocycles. The molecule has 6 heteroatoms. The predicted molar refractivity (Wildman–Crippen MR) is 60.8 cm³/mol. The molecular formula is C10H21N3O3. The first kappa shape index (κ1) is 14.9. The summed E-state index contributed by atoms with van der Waals surface area (Å²) in [5.74, 6) is -1.02. The smallest absolute Gasteiger partial charge is 0.320 e. The maximum atomic E-state index is 11.2. The van der Waals surface area contributed by atoms with E-state index in [-0.39, 0.29) is 5.91 Å². The van der Waals surface area contributed by atoms with Crippen molar-refractivity contribution >= 4 is 11.9 Å². The van der Waals surface area contributed by atoms with Crippen molar-refractivity contribution in [3.05, 3.63) is 0 Å². The lowest BCUT2D eigenvalue weighted by Gasteiger charge is -2.07. The zero-order chi connectivity index (χ0) is 12.4. The SMILES string of the molecule is NCCCCC(=O)NCCC[C@H](N)C(=O)O. The highest BCUT2D eigenvalue weighted by molar-refractivity contribution is 5.75. The van der Waals surface area contributed by atoms with Crippen LogP contribution in [0.3, 0.4) is 0 Å². The second-order valence-electron chi connectivity index (χ2n) is 3.68. The largest absolute Gasteiger partial charge is 0.480 e. The van der Waals surface area contributed by atoms with Gasteiger partial charge in [0.1, 0.15) is 6.04 Å². The third-order valence-corrected chi connectivity index (χ3v) is 2.19. The molecule has 0 fully saturated rings. The number of carboxylic acid groups (broad SMARTS) is 1. The monoisotopic (exact) mass is 231 g/mol. The van der Waals surface area contributed by atoms with Crippen molar-refractivity contribution in [3.8, 4) is 0 Å². The van der Waals surface area contributed by atoms with Gasteiger partial charge in [-0.15, -0.1) is 0 Å². The summed E-state index contributed by atoms with van der Waals surface area (Å²) in [6.45, 7) is 1.07. The first-order valence-electron chi connectivity index (χ1n) is 5.53. The minimum atomic E-state index is -1.01. The highest BCUT2D eigenvalue weighted by atomic mass is 16.4. The van der Waals surface area contributed by atoms with E-state index in [0.717, 1.165) is 12.8 Å². The Morgan fingerprint density at radius 3 is 2.50 bits per heavy atom. The predicted octanol–water partition coefficient (Wildman–Crippen LogP) is -0.576. The Bertz CT molecular complexity index is 221. The molecule has 0 spiro atoms. The fourth-order valence-corrected chi connectivity index (χ4v) is 1.19. The highest BCUT2D eigenvalue weighted by Crippen LogP contribution is 1.95. The lowest BCUT2D eigenvalue weighted by Crippen LogP contribution is -2.32. The molecule has 1 atom stereocenters. The summed E-state index contributed by atoms with van der Waals surface area (Å²) < 4.78 is 0. The Hall–Kier alpha value is -1.14. The second kappa shape index (κ2) is 9.11. The second-order valence-corrected chi connectivity index (χ2v) is 3.68. The molecule has 0 radical (unpaired) electrons. The lowest BCUT2D eigenvalue weighted by atomic mass is 10.1. The fourth-order valence-electron chi connectivity index (χ4n) is 1.19. The van der Waals surface area contributed by atoms with Crippen LogP contribution in [-0.4, -0.2) is 36.1 Å². The van der Waals surface area contributed by atoms with Crippen LogP contribution < -0.4 is 16.8 Å². The number of hydrogen-bond donors (Lipinski definition) is 4. The van der Waals surface area contributed by atoms with Gasteiger partial charge in [-0.3, -0.25) is 9.59 Å². The van der Waals surface area contributed by atoms with Crippen molar-refractivity contribution < 1.29 is 14.7 Å². The fraction of sp³-hybridized carbons (Fsp3) is 0.800. The van der Waals surface area contributed by atoms with Gasteiger partial charge in [0, 0.05) is 13.0 Å². The Kier molecular flexibility index (Phi) is 8.46. The highest BCUT2D eigenvalue weighted by Gasteiger charge is 2.10. The van der Waals surface area contributed by atoms with Crippen molar-refractivity contribution in [2.75, 3.05) is 13.1 Å². The van der Waals surface area contributed by atoms with Crippen LogP contribution in [0.2, 0.25) is 0 Å². The summed E-state index contributed by atoms with van der Waals surface area (Å²) in [6.07, 6.45) is 3.06. The van der Waals surface area contributed by atoms with Crippen LogP contribution in [0, 0.1) is 0 Å².